The van der Waals surface area contributed by atoms with Crippen molar-refractivity contribution >= 4 is 5.78 Å². The average molecular weight is 206 g/mol. The Balaban J connectivity index is 2.24. The molecule has 1 spiro atoms. The largest absolute Gasteiger partial charge is 0.299 e. The van der Waals surface area contributed by atoms with E-state index in [9.17, 15) is 4.79 Å². The van der Waals surface area contributed by atoms with Crippen molar-refractivity contribution in [3.63, 3.8) is 0 Å². The second-order valence-electron chi connectivity index (χ2n) is 5.92. The molecule has 0 saturated heterocycles. The predicted octanol–water partition coefficient (Wildman–Crippen LogP) is 3.74. The molecule has 1 nitrogen and oxygen atoms in total. The van der Waals surface area contributed by atoms with Gasteiger partial charge in [-0.3, -0.25) is 4.79 Å². The number of rotatable bonds is 0. The summed E-state index contributed by atoms with van der Waals surface area (Å²) < 4.78 is 0. The monoisotopic (exact) mass is 206 g/mol. The third-order valence-corrected chi connectivity index (χ3v) is 4.09. The first-order valence-corrected chi connectivity index (χ1v) is 6.22. The number of Topliss-reactive ketones (excluding diaryl/α,β-unsaturated/α-hetero) is 1. The van der Waals surface area contributed by atoms with Gasteiger partial charge in [-0.05, 0) is 44.4 Å². The molecule has 1 fully saturated rings. The molecule has 15 heavy (non-hydrogen) atoms. The van der Waals surface area contributed by atoms with Crippen molar-refractivity contribution in [2.45, 2.75) is 52.9 Å². The van der Waals surface area contributed by atoms with Crippen LogP contribution < -0.4 is 0 Å². The molecule has 0 heterocycles. The van der Waals surface area contributed by atoms with Crippen LogP contribution in [0.1, 0.15) is 52.9 Å². The summed E-state index contributed by atoms with van der Waals surface area (Å²) in [4.78, 5) is 12.2. The molecule has 0 aromatic carbocycles. The number of hydrogen-bond acceptors (Lipinski definition) is 1. The molecule has 0 radical (unpaired) electrons. The summed E-state index contributed by atoms with van der Waals surface area (Å²) in [6.07, 6.45) is 7.52. The van der Waals surface area contributed by atoms with Crippen LogP contribution >= 0.6 is 0 Å². The lowest BCUT2D eigenvalue weighted by Crippen LogP contribution is -2.40. The van der Waals surface area contributed by atoms with E-state index in [-0.39, 0.29) is 5.41 Å². The molecule has 0 aromatic rings. The summed E-state index contributed by atoms with van der Waals surface area (Å²) >= 11 is 0. The van der Waals surface area contributed by atoms with Gasteiger partial charge in [0.15, 0.2) is 0 Å². The highest BCUT2D eigenvalue weighted by Crippen LogP contribution is 2.48. The molecule has 2 rings (SSSR count). The van der Waals surface area contributed by atoms with Crippen molar-refractivity contribution in [1.82, 2.24) is 0 Å². The number of allylic oxidation sites excluding steroid dienone is 2. The minimum absolute atomic E-state index is 0.0237. The van der Waals surface area contributed by atoms with Crippen molar-refractivity contribution in [3.05, 3.63) is 11.6 Å². The lowest BCUT2D eigenvalue weighted by molar-refractivity contribution is -0.134. The van der Waals surface area contributed by atoms with E-state index < -0.39 is 0 Å². The summed E-state index contributed by atoms with van der Waals surface area (Å²) in [6, 6.07) is 0. The first kappa shape index (κ1) is 10.9. The molecule has 84 valence electrons. The Morgan fingerprint density at radius 3 is 2.73 bits per heavy atom. The van der Waals surface area contributed by atoms with Crippen LogP contribution in [0.3, 0.4) is 0 Å². The molecule has 3 unspecified atom stereocenters. The lowest BCUT2D eigenvalue weighted by Gasteiger charge is -2.42. The summed E-state index contributed by atoms with van der Waals surface area (Å²) in [5.41, 5.74) is 1.45. The number of carbonyl (C=O) groups is 1. The Bertz CT molecular complexity index is 302. The predicted molar refractivity (Wildman–Crippen MR) is 62.6 cm³/mol. The zero-order chi connectivity index (χ0) is 11.1. The zero-order valence-corrected chi connectivity index (χ0v) is 10.2. The van der Waals surface area contributed by atoms with Crippen molar-refractivity contribution in [2.24, 2.45) is 17.3 Å². The number of ketones is 1. The normalized spacial score (nSPS) is 41.8. The summed E-state index contributed by atoms with van der Waals surface area (Å²) in [7, 11) is 0. The molecule has 0 amide bonds. The molecule has 1 heteroatoms. The maximum Gasteiger partial charge on any atom is 0.139 e. The van der Waals surface area contributed by atoms with Gasteiger partial charge in [0.2, 0.25) is 0 Å². The van der Waals surface area contributed by atoms with Gasteiger partial charge in [0, 0.05) is 11.8 Å². The van der Waals surface area contributed by atoms with Gasteiger partial charge in [0.25, 0.3) is 0 Å². The number of carbonyl (C=O) groups excluding carboxylic acids is 1. The van der Waals surface area contributed by atoms with Crippen molar-refractivity contribution in [2.75, 3.05) is 0 Å². The lowest BCUT2D eigenvalue weighted by atomic mass is 9.60. The van der Waals surface area contributed by atoms with Crippen LogP contribution in [-0.2, 0) is 4.79 Å². The quantitative estimate of drug-likeness (QED) is 0.552. The van der Waals surface area contributed by atoms with E-state index in [0.29, 0.717) is 11.7 Å². The molecule has 0 aliphatic heterocycles. The van der Waals surface area contributed by atoms with Gasteiger partial charge >= 0.3 is 0 Å². The van der Waals surface area contributed by atoms with E-state index in [1.165, 1.54) is 5.57 Å². The topological polar surface area (TPSA) is 17.1 Å². The van der Waals surface area contributed by atoms with Crippen molar-refractivity contribution < 1.29 is 4.79 Å². The first-order chi connectivity index (χ1) is 7.02. The Morgan fingerprint density at radius 2 is 2.07 bits per heavy atom. The minimum atomic E-state index is 0.0237. The van der Waals surface area contributed by atoms with Crippen LogP contribution in [0.5, 0.6) is 0 Å². The maximum absolute atomic E-state index is 12.2. The van der Waals surface area contributed by atoms with E-state index in [2.05, 4.69) is 26.8 Å². The fourth-order valence-electron chi connectivity index (χ4n) is 3.72. The first-order valence-electron chi connectivity index (χ1n) is 6.22. The zero-order valence-electron chi connectivity index (χ0n) is 10.2. The van der Waals surface area contributed by atoms with Crippen LogP contribution in [0.15, 0.2) is 11.6 Å². The van der Waals surface area contributed by atoms with E-state index in [0.717, 1.165) is 38.0 Å². The van der Waals surface area contributed by atoms with E-state index >= 15 is 0 Å². The SMILES string of the molecule is CC1=CC(C)CC2(C1)CC(C)CCC2=O. The Kier molecular flexibility index (Phi) is 2.74. The van der Waals surface area contributed by atoms with Crippen LogP contribution in [0.4, 0.5) is 0 Å². The fourth-order valence-corrected chi connectivity index (χ4v) is 3.72. The third kappa shape index (κ3) is 2.02. The molecular weight excluding hydrogens is 184 g/mol. The van der Waals surface area contributed by atoms with Gasteiger partial charge in [-0.1, -0.05) is 25.5 Å². The minimum Gasteiger partial charge on any atom is -0.299 e. The number of hydrogen-bond donors (Lipinski definition) is 0. The molecule has 0 bridgehead atoms. The molecule has 2 aliphatic rings. The van der Waals surface area contributed by atoms with Gasteiger partial charge < -0.3 is 0 Å². The second kappa shape index (κ2) is 3.77. The summed E-state index contributed by atoms with van der Waals surface area (Å²) in [6.45, 7) is 6.73. The Hall–Kier alpha value is -0.590. The highest BCUT2D eigenvalue weighted by atomic mass is 16.1. The van der Waals surface area contributed by atoms with Crippen molar-refractivity contribution in [3.8, 4) is 0 Å². The average Bonchev–Trinajstić information content (AvgIpc) is 2.10. The maximum atomic E-state index is 12.2. The Morgan fingerprint density at radius 1 is 1.33 bits per heavy atom. The molecule has 2 aliphatic carbocycles. The van der Waals surface area contributed by atoms with E-state index in [1.54, 1.807) is 0 Å². The second-order valence-corrected chi connectivity index (χ2v) is 5.92. The fraction of sp³-hybridized carbons (Fsp3) is 0.786. The van der Waals surface area contributed by atoms with Crippen LogP contribution in [0.25, 0.3) is 0 Å². The van der Waals surface area contributed by atoms with Gasteiger partial charge in [-0.15, -0.1) is 0 Å². The Labute approximate surface area is 92.9 Å². The van der Waals surface area contributed by atoms with E-state index in [1.807, 2.05) is 0 Å². The highest BCUT2D eigenvalue weighted by molar-refractivity contribution is 5.86. The third-order valence-electron chi connectivity index (χ3n) is 4.09. The van der Waals surface area contributed by atoms with Gasteiger partial charge in [0.05, 0.1) is 0 Å². The van der Waals surface area contributed by atoms with Gasteiger partial charge in [-0.25, -0.2) is 0 Å². The molecule has 0 N–H and O–H groups in total. The molecule has 3 atom stereocenters. The molecular formula is C14H22O. The molecule has 0 aromatic heterocycles. The van der Waals surface area contributed by atoms with Crippen LogP contribution in [0.2, 0.25) is 0 Å². The van der Waals surface area contributed by atoms with Gasteiger partial charge in [0.1, 0.15) is 5.78 Å². The van der Waals surface area contributed by atoms with Gasteiger partial charge in [-0.2, -0.15) is 0 Å². The highest BCUT2D eigenvalue weighted by Gasteiger charge is 2.44. The van der Waals surface area contributed by atoms with Crippen molar-refractivity contribution in [1.29, 1.82) is 0 Å². The summed E-state index contributed by atoms with van der Waals surface area (Å²) in [5, 5.41) is 0. The van der Waals surface area contributed by atoms with Crippen LogP contribution in [0, 0.1) is 17.3 Å². The molecule has 1 saturated carbocycles. The summed E-state index contributed by atoms with van der Waals surface area (Å²) in [5.74, 6) is 1.87. The van der Waals surface area contributed by atoms with E-state index in [4.69, 9.17) is 0 Å². The smallest absolute Gasteiger partial charge is 0.139 e. The standard InChI is InChI=1S/C14H22O/c1-10-4-5-13(15)14(7-10)8-11(2)6-12(3)9-14/h6,10-11H,4-5,7-9H2,1-3H3. The van der Waals surface area contributed by atoms with Crippen LogP contribution in [-0.4, -0.2) is 5.78 Å².